The molecule has 1 aliphatic carbocycles. The van der Waals surface area contributed by atoms with Crippen LogP contribution in [0.15, 0.2) is 23.1 Å². The van der Waals surface area contributed by atoms with E-state index in [1.807, 2.05) is 0 Å². The molecule has 0 atom stereocenters. The van der Waals surface area contributed by atoms with Gasteiger partial charge in [0.1, 0.15) is 12.1 Å². The smallest absolute Gasteiger partial charge is 0.323 e. The molecule has 0 bridgehead atoms. The Morgan fingerprint density at radius 3 is 2.32 bits per heavy atom. The van der Waals surface area contributed by atoms with Crippen LogP contribution in [-0.2, 0) is 26.0 Å². The number of benzene rings is 1. The minimum absolute atomic E-state index is 0.256. The zero-order chi connectivity index (χ0) is 23.9. The van der Waals surface area contributed by atoms with Crippen molar-refractivity contribution in [3.05, 3.63) is 23.8 Å². The second-order valence-electron chi connectivity index (χ2n) is 9.87. The van der Waals surface area contributed by atoms with Crippen molar-refractivity contribution in [3.8, 4) is 0 Å². The van der Waals surface area contributed by atoms with Gasteiger partial charge in [0.15, 0.2) is 0 Å². The van der Waals surface area contributed by atoms with Crippen molar-refractivity contribution in [3.63, 3.8) is 0 Å². The van der Waals surface area contributed by atoms with E-state index in [4.69, 9.17) is 0 Å². The summed E-state index contributed by atoms with van der Waals surface area (Å²) in [6.07, 6.45) is 8.42. The maximum absolute atomic E-state index is 13.1. The summed E-state index contributed by atoms with van der Waals surface area (Å²) in [5.41, 5.74) is 0.580. The number of fused-ring (bicyclic) bond motifs is 1. The molecule has 10 heteroatoms. The summed E-state index contributed by atoms with van der Waals surface area (Å²) in [4.78, 5) is 41.8. The number of anilines is 1. The van der Waals surface area contributed by atoms with Crippen LogP contribution >= 0.6 is 0 Å². The molecule has 4 aliphatic rings. The van der Waals surface area contributed by atoms with Crippen LogP contribution in [0.1, 0.15) is 63.4 Å². The number of imide groups is 1. The van der Waals surface area contributed by atoms with Crippen molar-refractivity contribution in [1.82, 2.24) is 14.5 Å². The molecule has 1 spiro atoms. The molecular weight excluding hydrogens is 456 g/mol. The maximum atomic E-state index is 13.1. The molecule has 3 aliphatic heterocycles. The van der Waals surface area contributed by atoms with E-state index < -0.39 is 21.6 Å². The number of amides is 4. The fourth-order valence-corrected chi connectivity index (χ4v) is 7.33. The van der Waals surface area contributed by atoms with E-state index in [2.05, 4.69) is 5.32 Å². The molecule has 1 aromatic carbocycles. The number of rotatable bonds is 4. The lowest BCUT2D eigenvalue weighted by molar-refractivity contribution is -0.134. The third kappa shape index (κ3) is 4.00. The van der Waals surface area contributed by atoms with E-state index in [0.717, 1.165) is 55.4 Å². The molecule has 0 unspecified atom stereocenters. The third-order valence-corrected chi connectivity index (χ3v) is 9.59. The summed E-state index contributed by atoms with van der Waals surface area (Å²) in [6.45, 7) is 1.17. The number of nitrogens with one attached hydrogen (secondary N) is 1. The summed E-state index contributed by atoms with van der Waals surface area (Å²) in [6, 6.07) is 4.40. The van der Waals surface area contributed by atoms with Crippen molar-refractivity contribution < 1.29 is 22.8 Å². The van der Waals surface area contributed by atoms with Crippen LogP contribution in [0, 0.1) is 0 Å². The number of carbonyl (C=O) groups is 3. The molecule has 184 valence electrons. The molecule has 0 radical (unpaired) electrons. The Kier molecular flexibility index (Phi) is 6.14. The Balaban J connectivity index is 1.31. The highest BCUT2D eigenvalue weighted by atomic mass is 32.2. The monoisotopic (exact) mass is 488 g/mol. The molecular formula is C24H32N4O5S. The second-order valence-corrected chi connectivity index (χ2v) is 11.8. The van der Waals surface area contributed by atoms with E-state index in [1.165, 1.54) is 4.31 Å². The van der Waals surface area contributed by atoms with Gasteiger partial charge in [0.25, 0.3) is 5.91 Å². The first-order valence-electron chi connectivity index (χ1n) is 12.4. The van der Waals surface area contributed by atoms with Gasteiger partial charge >= 0.3 is 6.03 Å². The first kappa shape index (κ1) is 23.3. The van der Waals surface area contributed by atoms with Gasteiger partial charge in [-0.1, -0.05) is 32.1 Å². The van der Waals surface area contributed by atoms with Crippen LogP contribution in [-0.4, -0.2) is 67.2 Å². The van der Waals surface area contributed by atoms with Crippen molar-refractivity contribution in [2.75, 3.05) is 31.1 Å². The lowest BCUT2D eigenvalue weighted by atomic mass is 9.90. The number of hydrogen-bond acceptors (Lipinski definition) is 5. The third-order valence-electron chi connectivity index (χ3n) is 7.70. The van der Waals surface area contributed by atoms with Gasteiger partial charge in [-0.3, -0.25) is 14.5 Å². The Hall–Kier alpha value is -2.46. The number of carbonyl (C=O) groups excluding carboxylic acids is 3. The van der Waals surface area contributed by atoms with Gasteiger partial charge < -0.3 is 10.2 Å². The average Bonchev–Trinajstić information content (AvgIpc) is 3.25. The fraction of sp³-hybridized carbons (Fsp3) is 0.625. The minimum Gasteiger partial charge on any atom is -0.323 e. The van der Waals surface area contributed by atoms with Gasteiger partial charge in [0.2, 0.25) is 15.9 Å². The Morgan fingerprint density at radius 2 is 1.62 bits per heavy atom. The average molecular weight is 489 g/mol. The van der Waals surface area contributed by atoms with E-state index >= 15 is 0 Å². The molecule has 1 aromatic rings. The summed E-state index contributed by atoms with van der Waals surface area (Å²) >= 11 is 0. The molecule has 1 saturated carbocycles. The van der Waals surface area contributed by atoms with Gasteiger partial charge in [-0.2, -0.15) is 4.31 Å². The van der Waals surface area contributed by atoms with Crippen LogP contribution in [0.5, 0.6) is 0 Å². The molecule has 1 N–H and O–H groups in total. The van der Waals surface area contributed by atoms with Crippen molar-refractivity contribution in [2.24, 2.45) is 0 Å². The topological polar surface area (TPSA) is 107 Å². The quantitative estimate of drug-likeness (QED) is 0.655. The normalized spacial score (nSPS) is 23.2. The summed E-state index contributed by atoms with van der Waals surface area (Å²) in [7, 11) is -3.55. The first-order chi connectivity index (χ1) is 16.3. The number of hydrogen-bond donors (Lipinski definition) is 1. The van der Waals surface area contributed by atoms with Crippen LogP contribution in [0.25, 0.3) is 0 Å². The number of sulfonamides is 1. The Morgan fingerprint density at radius 1 is 0.941 bits per heavy atom. The van der Waals surface area contributed by atoms with Gasteiger partial charge in [-0.05, 0) is 55.9 Å². The number of nitrogens with zero attached hydrogens (tertiary/aromatic N) is 3. The molecule has 9 nitrogen and oxygen atoms in total. The summed E-state index contributed by atoms with van der Waals surface area (Å²) in [5.74, 6) is -0.630. The first-order valence-corrected chi connectivity index (χ1v) is 13.8. The number of urea groups is 1. The van der Waals surface area contributed by atoms with Crippen LogP contribution in [0.2, 0.25) is 0 Å². The van der Waals surface area contributed by atoms with Crippen LogP contribution in [0.3, 0.4) is 0 Å². The molecule has 0 aromatic heterocycles. The molecule has 34 heavy (non-hydrogen) atoms. The lowest BCUT2D eigenvalue weighted by Crippen LogP contribution is -2.47. The molecule has 2 saturated heterocycles. The van der Waals surface area contributed by atoms with Gasteiger partial charge in [0, 0.05) is 25.3 Å². The summed E-state index contributed by atoms with van der Waals surface area (Å²) < 4.78 is 27.6. The maximum Gasteiger partial charge on any atom is 0.325 e. The highest BCUT2D eigenvalue weighted by Gasteiger charge is 2.51. The van der Waals surface area contributed by atoms with Crippen molar-refractivity contribution in [2.45, 2.75) is 74.6 Å². The minimum atomic E-state index is -3.55. The van der Waals surface area contributed by atoms with Crippen molar-refractivity contribution in [1.29, 1.82) is 0 Å². The van der Waals surface area contributed by atoms with Gasteiger partial charge in [0.05, 0.1) is 4.90 Å². The van der Waals surface area contributed by atoms with Crippen molar-refractivity contribution >= 4 is 33.6 Å². The SMILES string of the molecule is O=C1NC2(CCCCCC2)C(=O)N1CC(=O)N1CCc2cc(S(=O)(=O)N3CCCCC3)ccc21. The molecule has 3 heterocycles. The van der Waals surface area contributed by atoms with E-state index in [0.29, 0.717) is 44.6 Å². The second kappa shape index (κ2) is 8.96. The largest absolute Gasteiger partial charge is 0.325 e. The highest BCUT2D eigenvalue weighted by molar-refractivity contribution is 7.89. The Bertz CT molecular complexity index is 1100. The van der Waals surface area contributed by atoms with Gasteiger partial charge in [-0.25, -0.2) is 13.2 Å². The fourth-order valence-electron chi connectivity index (χ4n) is 5.76. The zero-order valence-electron chi connectivity index (χ0n) is 19.4. The predicted molar refractivity (Wildman–Crippen MR) is 126 cm³/mol. The standard InChI is InChI=1S/C24H32N4O5S/c29-21(17-28-22(30)24(25-23(28)31)11-4-1-2-5-12-24)27-15-10-18-16-19(8-9-20(18)27)34(32,33)26-13-6-3-7-14-26/h8-9,16H,1-7,10-15,17H2,(H,25,31). The van der Waals surface area contributed by atoms with E-state index in [-0.39, 0.29) is 23.3 Å². The Labute approximate surface area is 200 Å². The van der Waals surface area contributed by atoms with E-state index in [9.17, 15) is 22.8 Å². The predicted octanol–water partition coefficient (Wildman–Crippen LogP) is 2.40. The molecule has 3 fully saturated rings. The van der Waals surface area contributed by atoms with E-state index in [1.54, 1.807) is 23.1 Å². The van der Waals surface area contributed by atoms with Crippen LogP contribution < -0.4 is 10.2 Å². The molecule has 4 amide bonds. The summed E-state index contributed by atoms with van der Waals surface area (Å²) in [5, 5.41) is 2.87. The van der Waals surface area contributed by atoms with Gasteiger partial charge in [-0.15, -0.1) is 0 Å². The zero-order valence-corrected chi connectivity index (χ0v) is 20.2. The highest BCUT2D eigenvalue weighted by Crippen LogP contribution is 2.34. The molecule has 5 rings (SSSR count). The van der Waals surface area contributed by atoms with Crippen LogP contribution in [0.4, 0.5) is 10.5 Å². The number of piperidine rings is 1. The lowest BCUT2D eigenvalue weighted by Gasteiger charge is -2.26.